The molecule has 2 aromatic heterocycles. The maximum absolute atomic E-state index is 13.3. The average molecular weight is 466 g/mol. The number of nitrogens with zero attached hydrogens (tertiary/aromatic N) is 2. The predicted molar refractivity (Wildman–Crippen MR) is 114 cm³/mol. The van der Waals surface area contributed by atoms with Gasteiger partial charge in [-0.25, -0.2) is 4.68 Å². The number of benzene rings is 1. The summed E-state index contributed by atoms with van der Waals surface area (Å²) in [5.74, 6) is -1.05. The number of carbonyl (C=O) groups excluding carboxylic acids is 2. The van der Waals surface area contributed by atoms with Crippen LogP contribution in [0.25, 0.3) is 5.69 Å². The van der Waals surface area contributed by atoms with Gasteiger partial charge in [0.25, 0.3) is 5.91 Å². The topological polar surface area (TPSA) is 102 Å². The van der Waals surface area contributed by atoms with Gasteiger partial charge in [0.2, 0.25) is 5.91 Å². The van der Waals surface area contributed by atoms with Crippen LogP contribution in [0.3, 0.4) is 0 Å². The molecule has 4 N–H and O–H groups in total. The molecule has 1 aromatic carbocycles. The van der Waals surface area contributed by atoms with E-state index in [2.05, 4.69) is 15.7 Å². The Morgan fingerprint density at radius 2 is 1.94 bits per heavy atom. The maximum atomic E-state index is 13.3. The summed E-state index contributed by atoms with van der Waals surface area (Å²) in [6, 6.07) is 8.31. The highest BCUT2D eigenvalue weighted by atomic mass is 32.1. The van der Waals surface area contributed by atoms with Gasteiger partial charge >= 0.3 is 6.18 Å². The minimum Gasteiger partial charge on any atom is -0.351 e. The molecule has 7 nitrogen and oxygen atoms in total. The molecule has 0 radical (unpaired) electrons. The van der Waals surface area contributed by atoms with Gasteiger partial charge in [0.15, 0.2) is 5.69 Å². The molecule has 3 aromatic rings. The minimum absolute atomic E-state index is 0.126. The SMILES string of the molecule is Cc1ccsc1CNC(=O)c1cc(C(F)(F)F)nn1-c1cccc(CNC(=O)[C@H](C)N)c1. The molecule has 0 aliphatic heterocycles. The average Bonchev–Trinajstić information content (AvgIpc) is 3.37. The van der Waals surface area contributed by atoms with Crippen LogP contribution in [0, 0.1) is 6.92 Å². The zero-order valence-electron chi connectivity index (χ0n) is 17.4. The van der Waals surface area contributed by atoms with Crippen LogP contribution >= 0.6 is 11.3 Å². The number of amides is 2. The first-order valence-corrected chi connectivity index (χ1v) is 10.5. The summed E-state index contributed by atoms with van der Waals surface area (Å²) in [6.07, 6.45) is -4.71. The normalized spacial score (nSPS) is 12.4. The lowest BCUT2D eigenvalue weighted by Crippen LogP contribution is -2.37. The third-order valence-electron chi connectivity index (χ3n) is 4.65. The molecule has 0 bridgehead atoms. The lowest BCUT2D eigenvalue weighted by Gasteiger charge is -2.11. The summed E-state index contributed by atoms with van der Waals surface area (Å²) in [7, 11) is 0. The molecule has 2 amide bonds. The van der Waals surface area contributed by atoms with Crippen LogP contribution in [0.15, 0.2) is 41.8 Å². The molecule has 2 heterocycles. The fraction of sp³-hybridized carbons (Fsp3) is 0.286. The number of alkyl halides is 3. The van der Waals surface area contributed by atoms with E-state index in [9.17, 15) is 22.8 Å². The smallest absolute Gasteiger partial charge is 0.351 e. The van der Waals surface area contributed by atoms with E-state index in [0.717, 1.165) is 21.2 Å². The van der Waals surface area contributed by atoms with Gasteiger partial charge in [-0.05, 0) is 48.6 Å². The Morgan fingerprint density at radius 3 is 2.56 bits per heavy atom. The van der Waals surface area contributed by atoms with Crippen LogP contribution in [0.2, 0.25) is 0 Å². The summed E-state index contributed by atoms with van der Waals surface area (Å²) >= 11 is 1.45. The molecular weight excluding hydrogens is 443 g/mol. The Hall–Kier alpha value is -3.18. The van der Waals surface area contributed by atoms with Crippen LogP contribution < -0.4 is 16.4 Å². The van der Waals surface area contributed by atoms with Gasteiger partial charge in [-0.2, -0.15) is 18.3 Å². The second-order valence-corrected chi connectivity index (χ2v) is 8.21. The van der Waals surface area contributed by atoms with Gasteiger partial charge in [0.1, 0.15) is 5.69 Å². The van der Waals surface area contributed by atoms with Crippen LogP contribution in [-0.2, 0) is 24.1 Å². The maximum Gasteiger partial charge on any atom is 0.435 e. The second kappa shape index (κ2) is 9.53. The molecule has 0 aliphatic rings. The van der Waals surface area contributed by atoms with E-state index in [1.54, 1.807) is 18.2 Å². The number of hydrogen-bond donors (Lipinski definition) is 3. The number of aryl methyl sites for hydroxylation is 1. The summed E-state index contributed by atoms with van der Waals surface area (Å²) in [6.45, 7) is 3.75. The van der Waals surface area contributed by atoms with Gasteiger partial charge < -0.3 is 16.4 Å². The number of aromatic nitrogens is 2. The summed E-state index contributed by atoms with van der Waals surface area (Å²) in [5.41, 5.74) is 5.95. The minimum atomic E-state index is -4.71. The van der Waals surface area contributed by atoms with Gasteiger partial charge in [-0.15, -0.1) is 11.3 Å². The van der Waals surface area contributed by atoms with Crippen molar-refractivity contribution in [2.45, 2.75) is 39.2 Å². The fourth-order valence-corrected chi connectivity index (χ4v) is 3.71. The lowest BCUT2D eigenvalue weighted by molar-refractivity contribution is -0.141. The van der Waals surface area contributed by atoms with Gasteiger partial charge in [-0.3, -0.25) is 9.59 Å². The Labute approximate surface area is 186 Å². The summed E-state index contributed by atoms with van der Waals surface area (Å²) < 4.78 is 40.9. The molecule has 11 heteroatoms. The van der Waals surface area contributed by atoms with Crippen LogP contribution in [-0.4, -0.2) is 27.6 Å². The van der Waals surface area contributed by atoms with Crippen LogP contribution in [0.5, 0.6) is 0 Å². The Kier molecular flexibility index (Phi) is 6.99. The van der Waals surface area contributed by atoms with Crippen LogP contribution in [0.4, 0.5) is 13.2 Å². The van der Waals surface area contributed by atoms with E-state index in [1.165, 1.54) is 24.3 Å². The molecule has 32 heavy (non-hydrogen) atoms. The lowest BCUT2D eigenvalue weighted by atomic mass is 10.2. The van der Waals surface area contributed by atoms with E-state index in [0.29, 0.717) is 5.56 Å². The van der Waals surface area contributed by atoms with E-state index in [4.69, 9.17) is 5.73 Å². The molecule has 0 unspecified atom stereocenters. The second-order valence-electron chi connectivity index (χ2n) is 7.21. The summed E-state index contributed by atoms with van der Waals surface area (Å²) in [5, 5.41) is 10.8. The van der Waals surface area contributed by atoms with Crippen molar-refractivity contribution >= 4 is 23.2 Å². The van der Waals surface area contributed by atoms with Crippen molar-refractivity contribution in [2.24, 2.45) is 5.73 Å². The third kappa shape index (κ3) is 5.54. The van der Waals surface area contributed by atoms with Crippen molar-refractivity contribution in [3.63, 3.8) is 0 Å². The molecule has 170 valence electrons. The first kappa shape index (κ1) is 23.5. The Balaban J connectivity index is 1.89. The standard InChI is InChI=1S/C21H22F3N5O2S/c1-12-6-7-32-17(12)11-27-20(31)16-9-18(21(22,23)24)28-29(16)15-5-3-4-14(8-15)10-26-19(30)13(2)25/h3-9,13H,10-11,25H2,1-2H3,(H,26,30)(H,27,31)/t13-/m0/s1. The Bertz CT molecular complexity index is 1120. The van der Waals surface area contributed by atoms with Crippen molar-refractivity contribution in [1.82, 2.24) is 20.4 Å². The zero-order chi connectivity index (χ0) is 23.5. The molecule has 0 spiro atoms. The number of thiophene rings is 1. The largest absolute Gasteiger partial charge is 0.435 e. The van der Waals surface area contributed by atoms with E-state index >= 15 is 0 Å². The van der Waals surface area contributed by atoms with E-state index in [1.807, 2.05) is 18.4 Å². The van der Waals surface area contributed by atoms with Crippen molar-refractivity contribution < 1.29 is 22.8 Å². The highest BCUT2D eigenvalue weighted by Crippen LogP contribution is 2.30. The van der Waals surface area contributed by atoms with Crippen molar-refractivity contribution in [3.05, 3.63) is 69.2 Å². The number of nitrogens with two attached hydrogens (primary N) is 1. The number of halogens is 3. The van der Waals surface area contributed by atoms with Gasteiger partial charge in [-0.1, -0.05) is 12.1 Å². The van der Waals surface area contributed by atoms with Crippen molar-refractivity contribution in [3.8, 4) is 5.69 Å². The van der Waals surface area contributed by atoms with Gasteiger partial charge in [0.05, 0.1) is 18.3 Å². The highest BCUT2D eigenvalue weighted by Gasteiger charge is 2.36. The molecule has 0 fully saturated rings. The quantitative estimate of drug-likeness (QED) is 0.499. The van der Waals surface area contributed by atoms with E-state index in [-0.39, 0.29) is 30.4 Å². The number of hydrogen-bond acceptors (Lipinski definition) is 5. The van der Waals surface area contributed by atoms with Gasteiger partial charge in [0, 0.05) is 17.5 Å². The van der Waals surface area contributed by atoms with Crippen LogP contribution in [0.1, 0.15) is 39.1 Å². The monoisotopic (exact) mass is 465 g/mol. The number of rotatable bonds is 7. The van der Waals surface area contributed by atoms with E-state index < -0.39 is 23.8 Å². The molecule has 0 saturated heterocycles. The van der Waals surface area contributed by atoms with Crippen molar-refractivity contribution in [1.29, 1.82) is 0 Å². The van der Waals surface area contributed by atoms with Crippen molar-refractivity contribution in [2.75, 3.05) is 0 Å². The molecular formula is C21H22F3N5O2S. The molecule has 1 atom stereocenters. The summed E-state index contributed by atoms with van der Waals surface area (Å²) in [4.78, 5) is 25.4. The molecule has 0 aliphatic carbocycles. The fourth-order valence-electron chi connectivity index (χ4n) is 2.86. The first-order valence-electron chi connectivity index (χ1n) is 9.67. The first-order chi connectivity index (χ1) is 15.1. The highest BCUT2D eigenvalue weighted by molar-refractivity contribution is 7.10. The predicted octanol–water partition coefficient (Wildman–Crippen LogP) is 3.15. The third-order valence-corrected chi connectivity index (χ3v) is 5.67. The Morgan fingerprint density at radius 1 is 1.19 bits per heavy atom. The molecule has 3 rings (SSSR count). The molecule has 0 saturated carbocycles. The number of nitrogens with one attached hydrogen (secondary N) is 2. The zero-order valence-corrected chi connectivity index (χ0v) is 18.2. The number of carbonyl (C=O) groups is 2.